The van der Waals surface area contributed by atoms with Crippen LogP contribution in [0.25, 0.3) is 10.2 Å². The van der Waals surface area contributed by atoms with Crippen molar-refractivity contribution in [1.29, 1.82) is 0 Å². The van der Waals surface area contributed by atoms with Gasteiger partial charge in [-0.15, -0.1) is 12.4 Å². The van der Waals surface area contributed by atoms with E-state index in [9.17, 15) is 13.2 Å². The van der Waals surface area contributed by atoms with Crippen LogP contribution in [0.2, 0.25) is 0 Å². The molecule has 0 spiro atoms. The number of ether oxygens (including phenoxy) is 1. The van der Waals surface area contributed by atoms with E-state index in [0.717, 1.165) is 4.70 Å². The minimum absolute atomic E-state index is 0. The van der Waals surface area contributed by atoms with Crippen molar-refractivity contribution in [2.45, 2.75) is 18.2 Å². The van der Waals surface area contributed by atoms with E-state index >= 15 is 0 Å². The second-order valence-corrected chi connectivity index (χ2v) is 10.4. The second-order valence-electron chi connectivity index (χ2n) is 7.26. The lowest BCUT2D eigenvalue weighted by Crippen LogP contribution is -2.37. The van der Waals surface area contributed by atoms with Crippen LogP contribution in [0.1, 0.15) is 13.3 Å². The normalized spacial score (nSPS) is 11.4. The zero-order chi connectivity index (χ0) is 22.4. The van der Waals surface area contributed by atoms with Gasteiger partial charge >= 0.3 is 0 Å². The molecule has 32 heavy (non-hydrogen) atoms. The highest BCUT2D eigenvalue weighted by atomic mass is 35.5. The van der Waals surface area contributed by atoms with Crippen molar-refractivity contribution in [3.63, 3.8) is 0 Å². The number of halogens is 1. The van der Waals surface area contributed by atoms with E-state index in [4.69, 9.17) is 4.74 Å². The van der Waals surface area contributed by atoms with Gasteiger partial charge in [0, 0.05) is 19.5 Å². The van der Waals surface area contributed by atoms with Gasteiger partial charge in [-0.3, -0.25) is 9.69 Å². The molecule has 7 nitrogen and oxygen atoms in total. The zero-order valence-electron chi connectivity index (χ0n) is 18.4. The molecule has 3 rings (SSSR count). The Bertz CT molecular complexity index is 1130. The summed E-state index contributed by atoms with van der Waals surface area (Å²) in [6, 6.07) is 13.9. The Morgan fingerprint density at radius 1 is 1.06 bits per heavy atom. The summed E-state index contributed by atoms with van der Waals surface area (Å²) in [5, 5.41) is 0.547. The van der Waals surface area contributed by atoms with Crippen molar-refractivity contribution >= 4 is 54.8 Å². The Hall–Kier alpha value is -2.20. The molecule has 0 aliphatic carbocycles. The van der Waals surface area contributed by atoms with Gasteiger partial charge < -0.3 is 9.64 Å². The van der Waals surface area contributed by atoms with E-state index in [2.05, 4.69) is 4.98 Å². The third-order valence-corrected chi connectivity index (χ3v) is 7.44. The quantitative estimate of drug-likeness (QED) is 0.423. The molecule has 0 fully saturated rings. The molecule has 1 heterocycles. The fraction of sp³-hybridized carbons (Fsp3) is 0.364. The molecule has 0 N–H and O–H groups in total. The molecule has 0 unspecified atom stereocenters. The van der Waals surface area contributed by atoms with Gasteiger partial charge in [-0.2, -0.15) is 0 Å². The molecule has 3 aromatic rings. The predicted octanol–water partition coefficient (Wildman–Crippen LogP) is 3.88. The largest absolute Gasteiger partial charge is 0.492 e. The van der Waals surface area contributed by atoms with Crippen LogP contribution in [0, 0.1) is 0 Å². The van der Waals surface area contributed by atoms with E-state index in [0.29, 0.717) is 36.1 Å². The summed E-state index contributed by atoms with van der Waals surface area (Å²) in [6.07, 6.45) is -0.112. The first-order valence-electron chi connectivity index (χ1n) is 10.1. The molecule has 0 aliphatic heterocycles. The molecule has 0 bridgehead atoms. The van der Waals surface area contributed by atoms with Gasteiger partial charge in [0.25, 0.3) is 0 Å². The number of carbonyl (C=O) groups excluding carboxylic acids is 1. The highest BCUT2D eigenvalue weighted by Gasteiger charge is 2.24. The highest BCUT2D eigenvalue weighted by molar-refractivity contribution is 7.91. The topological polar surface area (TPSA) is 79.8 Å². The molecule has 1 amide bonds. The Balaban J connectivity index is 0.00000363. The maximum atomic E-state index is 13.1. The number of benzene rings is 2. The van der Waals surface area contributed by atoms with Crippen molar-refractivity contribution < 1.29 is 17.9 Å². The predicted molar refractivity (Wildman–Crippen MR) is 132 cm³/mol. The number of fused-ring (bicyclic) bond motifs is 1. The van der Waals surface area contributed by atoms with E-state index in [1.165, 1.54) is 11.3 Å². The number of nitrogens with zero attached hydrogens (tertiary/aromatic N) is 3. The van der Waals surface area contributed by atoms with E-state index < -0.39 is 9.84 Å². The average Bonchev–Trinajstić information content (AvgIpc) is 3.18. The first-order valence-corrected chi connectivity index (χ1v) is 12.5. The zero-order valence-corrected chi connectivity index (χ0v) is 20.8. The summed E-state index contributed by atoms with van der Waals surface area (Å²) in [5.41, 5.74) is 0.712. The lowest BCUT2D eigenvalue weighted by molar-refractivity contribution is -0.118. The lowest BCUT2D eigenvalue weighted by Gasteiger charge is -2.22. The SMILES string of the molecule is CCOc1cccc2sc(N(CCN(C)C)C(=O)CCS(=O)(=O)c3ccccc3)nc12.Cl. The van der Waals surface area contributed by atoms with Crippen molar-refractivity contribution in [3.05, 3.63) is 48.5 Å². The van der Waals surface area contributed by atoms with Gasteiger partial charge in [0.1, 0.15) is 11.3 Å². The van der Waals surface area contributed by atoms with Crippen LogP contribution in [-0.4, -0.2) is 63.8 Å². The first kappa shape index (κ1) is 26.1. The van der Waals surface area contributed by atoms with Gasteiger partial charge in [0.05, 0.1) is 22.0 Å². The molecule has 0 saturated carbocycles. The van der Waals surface area contributed by atoms with Gasteiger partial charge in [0.15, 0.2) is 15.0 Å². The third kappa shape index (κ3) is 6.41. The summed E-state index contributed by atoms with van der Waals surface area (Å²) in [4.78, 5) is 21.5. The number of rotatable bonds is 10. The number of anilines is 1. The van der Waals surface area contributed by atoms with Crippen LogP contribution >= 0.6 is 23.7 Å². The minimum Gasteiger partial charge on any atom is -0.492 e. The molecule has 0 saturated heterocycles. The standard InChI is InChI=1S/C22H27N3O4S2.ClH/c1-4-29-18-11-8-12-19-21(18)23-22(30-19)25(15-14-24(2)3)20(26)13-16-31(27,28)17-9-6-5-7-10-17;/h5-12H,4,13-16H2,1-3H3;1H. The van der Waals surface area contributed by atoms with Gasteiger partial charge in [-0.25, -0.2) is 13.4 Å². The van der Waals surface area contributed by atoms with Crippen LogP contribution < -0.4 is 9.64 Å². The number of thiazole rings is 1. The molecule has 0 radical (unpaired) electrons. The summed E-state index contributed by atoms with van der Waals surface area (Å²) in [7, 11) is 0.313. The number of hydrogen-bond acceptors (Lipinski definition) is 7. The van der Waals surface area contributed by atoms with Crippen molar-refractivity contribution in [2.75, 3.05) is 44.4 Å². The average molecular weight is 498 g/mol. The number of hydrogen-bond donors (Lipinski definition) is 0. The number of carbonyl (C=O) groups is 1. The number of sulfone groups is 1. The molecule has 0 atom stereocenters. The molecule has 1 aromatic heterocycles. The molecule has 2 aromatic carbocycles. The fourth-order valence-corrected chi connectivity index (χ4v) is 5.31. The van der Waals surface area contributed by atoms with Gasteiger partial charge in [-0.1, -0.05) is 35.6 Å². The maximum absolute atomic E-state index is 13.1. The van der Waals surface area contributed by atoms with Crippen molar-refractivity contribution in [1.82, 2.24) is 9.88 Å². The number of para-hydroxylation sites is 1. The van der Waals surface area contributed by atoms with E-state index in [-0.39, 0.29) is 35.4 Å². The van der Waals surface area contributed by atoms with Crippen LogP contribution in [0.15, 0.2) is 53.4 Å². The Kier molecular flexibility index (Phi) is 9.45. The number of aromatic nitrogens is 1. The monoisotopic (exact) mass is 497 g/mol. The molecule has 174 valence electrons. The van der Waals surface area contributed by atoms with Crippen LogP contribution in [-0.2, 0) is 14.6 Å². The van der Waals surface area contributed by atoms with Crippen LogP contribution in [0.5, 0.6) is 5.75 Å². The van der Waals surface area contributed by atoms with Gasteiger partial charge in [-0.05, 0) is 45.3 Å². The lowest BCUT2D eigenvalue weighted by atomic mass is 10.3. The Morgan fingerprint density at radius 3 is 2.44 bits per heavy atom. The van der Waals surface area contributed by atoms with Crippen LogP contribution in [0.3, 0.4) is 0 Å². The third-order valence-electron chi connectivity index (χ3n) is 4.66. The minimum atomic E-state index is -3.54. The smallest absolute Gasteiger partial charge is 0.229 e. The van der Waals surface area contributed by atoms with E-state index in [1.54, 1.807) is 35.2 Å². The van der Waals surface area contributed by atoms with E-state index in [1.807, 2.05) is 44.1 Å². The number of amides is 1. The Labute approximate surface area is 199 Å². The molecule has 10 heteroatoms. The molecular formula is C22H28ClN3O4S2. The second kappa shape index (κ2) is 11.6. The van der Waals surface area contributed by atoms with Crippen molar-refractivity contribution in [2.24, 2.45) is 0 Å². The summed E-state index contributed by atoms with van der Waals surface area (Å²) >= 11 is 1.40. The highest BCUT2D eigenvalue weighted by Crippen LogP contribution is 2.34. The maximum Gasteiger partial charge on any atom is 0.229 e. The molecule has 0 aliphatic rings. The summed E-state index contributed by atoms with van der Waals surface area (Å²) < 4.78 is 31.8. The molecular weight excluding hydrogens is 470 g/mol. The summed E-state index contributed by atoms with van der Waals surface area (Å²) in [5.74, 6) is 0.163. The van der Waals surface area contributed by atoms with Crippen molar-refractivity contribution in [3.8, 4) is 5.75 Å². The van der Waals surface area contributed by atoms with Gasteiger partial charge in [0.2, 0.25) is 5.91 Å². The number of likely N-dealkylation sites (N-methyl/N-ethyl adjacent to an activating group) is 1. The fourth-order valence-electron chi connectivity index (χ4n) is 3.03. The van der Waals surface area contributed by atoms with Crippen LogP contribution in [0.4, 0.5) is 5.13 Å². The Morgan fingerprint density at radius 2 is 1.78 bits per heavy atom. The first-order chi connectivity index (χ1) is 14.8. The summed E-state index contributed by atoms with van der Waals surface area (Å²) in [6.45, 7) is 3.48.